The molecule has 0 aliphatic rings. The zero-order valence-electron chi connectivity index (χ0n) is 11.6. The smallest absolute Gasteiger partial charge is 0.323 e. The summed E-state index contributed by atoms with van der Waals surface area (Å²) in [5.41, 5.74) is 0.398. The molecule has 0 aliphatic carbocycles. The molecule has 1 aromatic rings. The summed E-state index contributed by atoms with van der Waals surface area (Å²) >= 11 is 1.25. The van der Waals surface area contributed by atoms with Crippen molar-refractivity contribution in [3.8, 4) is 6.07 Å². The Morgan fingerprint density at radius 3 is 2.76 bits per heavy atom. The molecule has 112 valence electrons. The molecule has 0 heterocycles. The minimum Gasteiger partial charge on any atom is -0.480 e. The van der Waals surface area contributed by atoms with Crippen LogP contribution in [0, 0.1) is 11.3 Å². The lowest BCUT2D eigenvalue weighted by atomic mass is 10.2. The van der Waals surface area contributed by atoms with E-state index in [1.165, 1.54) is 23.8 Å². The highest BCUT2D eigenvalue weighted by atomic mass is 32.2. The van der Waals surface area contributed by atoms with Crippen molar-refractivity contribution in [2.24, 2.45) is 0 Å². The van der Waals surface area contributed by atoms with Crippen molar-refractivity contribution in [2.75, 3.05) is 32.6 Å². The molecule has 0 spiro atoms. The van der Waals surface area contributed by atoms with Gasteiger partial charge in [0.1, 0.15) is 6.54 Å². The zero-order chi connectivity index (χ0) is 15.7. The second kappa shape index (κ2) is 9.00. The van der Waals surface area contributed by atoms with Crippen LogP contribution in [0.1, 0.15) is 10.4 Å². The number of rotatable bonds is 8. The predicted octanol–water partition coefficient (Wildman–Crippen LogP) is 1.48. The maximum atomic E-state index is 12.5. The monoisotopic (exact) mass is 308 g/mol. The number of thioether (sulfide) groups is 1. The average Bonchev–Trinajstić information content (AvgIpc) is 2.48. The highest BCUT2D eigenvalue weighted by Gasteiger charge is 2.20. The Morgan fingerprint density at radius 1 is 1.43 bits per heavy atom. The minimum atomic E-state index is -1.08. The van der Waals surface area contributed by atoms with E-state index in [1.54, 1.807) is 24.3 Å². The third-order valence-electron chi connectivity index (χ3n) is 2.59. The average molecular weight is 308 g/mol. The van der Waals surface area contributed by atoms with Gasteiger partial charge < -0.3 is 14.7 Å². The quantitative estimate of drug-likeness (QED) is 0.731. The number of carboxylic acid groups (broad SMARTS) is 1. The molecule has 1 aromatic carbocycles. The highest BCUT2D eigenvalue weighted by molar-refractivity contribution is 7.99. The Labute approximate surface area is 127 Å². The number of hydrogen-bond donors (Lipinski definition) is 1. The van der Waals surface area contributed by atoms with Gasteiger partial charge in [0.25, 0.3) is 5.91 Å². The van der Waals surface area contributed by atoms with E-state index in [0.717, 1.165) is 0 Å². The molecule has 7 heteroatoms. The van der Waals surface area contributed by atoms with Crippen LogP contribution in [-0.4, -0.2) is 54.4 Å². The second-order valence-corrected chi connectivity index (χ2v) is 5.07. The van der Waals surface area contributed by atoms with E-state index in [2.05, 4.69) is 0 Å². The molecule has 0 aliphatic heterocycles. The summed E-state index contributed by atoms with van der Waals surface area (Å²) in [6.45, 7) is 0.0604. The minimum absolute atomic E-state index is 0.193. The van der Waals surface area contributed by atoms with Crippen molar-refractivity contribution in [1.29, 1.82) is 5.26 Å². The van der Waals surface area contributed by atoms with Gasteiger partial charge in [-0.3, -0.25) is 9.59 Å². The largest absolute Gasteiger partial charge is 0.480 e. The van der Waals surface area contributed by atoms with E-state index in [9.17, 15) is 9.59 Å². The van der Waals surface area contributed by atoms with E-state index in [1.807, 2.05) is 6.07 Å². The summed E-state index contributed by atoms with van der Waals surface area (Å²) in [5, 5.41) is 17.5. The summed E-state index contributed by atoms with van der Waals surface area (Å²) in [4.78, 5) is 25.2. The Morgan fingerprint density at radius 2 is 2.14 bits per heavy atom. The van der Waals surface area contributed by atoms with Crippen molar-refractivity contribution in [3.05, 3.63) is 29.8 Å². The number of amides is 1. The number of methoxy groups -OCH3 is 1. The third kappa shape index (κ3) is 5.45. The topological polar surface area (TPSA) is 90.6 Å². The highest BCUT2D eigenvalue weighted by Crippen LogP contribution is 2.23. The molecule has 0 saturated heterocycles. The van der Waals surface area contributed by atoms with Crippen LogP contribution < -0.4 is 0 Å². The number of carboxylic acids is 1. The Bertz CT molecular complexity index is 542. The fourth-order valence-electron chi connectivity index (χ4n) is 1.67. The first-order valence-corrected chi connectivity index (χ1v) is 7.17. The molecule has 0 atom stereocenters. The van der Waals surface area contributed by atoms with E-state index in [-0.39, 0.29) is 31.4 Å². The molecular formula is C14H16N2O4S. The SMILES string of the molecule is COCCN(CC(=O)O)C(=O)c1ccccc1SCC#N. The maximum Gasteiger partial charge on any atom is 0.323 e. The molecule has 0 bridgehead atoms. The van der Waals surface area contributed by atoms with Crippen molar-refractivity contribution in [1.82, 2.24) is 4.90 Å². The first-order chi connectivity index (χ1) is 10.1. The summed E-state index contributed by atoms with van der Waals surface area (Å²) in [5.74, 6) is -1.24. The van der Waals surface area contributed by atoms with Crippen molar-refractivity contribution >= 4 is 23.6 Å². The number of nitriles is 1. The van der Waals surface area contributed by atoms with Crippen molar-refractivity contribution in [2.45, 2.75) is 4.90 Å². The van der Waals surface area contributed by atoms with Crippen LogP contribution in [-0.2, 0) is 9.53 Å². The predicted molar refractivity (Wildman–Crippen MR) is 78.2 cm³/mol. The Hall–Kier alpha value is -2.04. The fraction of sp³-hybridized carbons (Fsp3) is 0.357. The number of benzene rings is 1. The molecule has 0 radical (unpaired) electrons. The number of aliphatic carboxylic acids is 1. The van der Waals surface area contributed by atoms with Crippen LogP contribution in [0.25, 0.3) is 0 Å². The molecule has 1 rings (SSSR count). The van der Waals surface area contributed by atoms with Gasteiger partial charge in [-0.1, -0.05) is 12.1 Å². The van der Waals surface area contributed by atoms with E-state index in [0.29, 0.717) is 10.5 Å². The first kappa shape index (κ1) is 17.0. The summed E-state index contributed by atoms with van der Waals surface area (Å²) in [6, 6.07) is 8.85. The van der Waals surface area contributed by atoms with Crippen LogP contribution >= 0.6 is 11.8 Å². The summed E-state index contributed by atoms with van der Waals surface area (Å²) in [7, 11) is 1.49. The third-order valence-corrected chi connectivity index (χ3v) is 3.53. The number of carbonyl (C=O) groups is 2. The molecule has 0 fully saturated rings. The van der Waals surface area contributed by atoms with Crippen molar-refractivity contribution in [3.63, 3.8) is 0 Å². The van der Waals surface area contributed by atoms with E-state index >= 15 is 0 Å². The van der Waals surface area contributed by atoms with E-state index < -0.39 is 5.97 Å². The molecule has 1 amide bonds. The van der Waals surface area contributed by atoms with Gasteiger partial charge in [0.15, 0.2) is 0 Å². The lowest BCUT2D eigenvalue weighted by Crippen LogP contribution is -2.38. The molecule has 21 heavy (non-hydrogen) atoms. The van der Waals surface area contributed by atoms with Crippen LogP contribution in [0.5, 0.6) is 0 Å². The lowest BCUT2D eigenvalue weighted by molar-refractivity contribution is -0.137. The molecule has 6 nitrogen and oxygen atoms in total. The second-order valence-electron chi connectivity index (χ2n) is 4.06. The standard InChI is InChI=1S/C14H16N2O4S/c1-20-8-7-16(10-13(17)18)14(19)11-4-2-3-5-12(11)21-9-6-15/h2-5H,7-10H2,1H3,(H,17,18). The van der Waals surface area contributed by atoms with Gasteiger partial charge >= 0.3 is 5.97 Å². The van der Waals surface area contributed by atoms with E-state index in [4.69, 9.17) is 15.1 Å². The Kier molecular flexibility index (Phi) is 7.29. The fourth-order valence-corrected chi connectivity index (χ4v) is 2.37. The molecule has 0 aromatic heterocycles. The molecule has 0 unspecified atom stereocenters. The van der Waals surface area contributed by atoms with Crippen LogP contribution in [0.15, 0.2) is 29.2 Å². The van der Waals surface area contributed by atoms with Gasteiger partial charge in [-0.25, -0.2) is 0 Å². The zero-order valence-corrected chi connectivity index (χ0v) is 12.4. The molecular weight excluding hydrogens is 292 g/mol. The van der Waals surface area contributed by atoms with Crippen LogP contribution in [0.3, 0.4) is 0 Å². The molecule has 1 N–H and O–H groups in total. The number of hydrogen-bond acceptors (Lipinski definition) is 5. The number of carbonyl (C=O) groups excluding carboxylic acids is 1. The normalized spacial score (nSPS) is 9.90. The van der Waals surface area contributed by atoms with Crippen LogP contribution in [0.2, 0.25) is 0 Å². The molecule has 0 saturated carbocycles. The van der Waals surface area contributed by atoms with Crippen LogP contribution in [0.4, 0.5) is 0 Å². The first-order valence-electron chi connectivity index (χ1n) is 6.19. The van der Waals surface area contributed by atoms with Gasteiger partial charge in [0, 0.05) is 18.6 Å². The van der Waals surface area contributed by atoms with Gasteiger partial charge in [-0.2, -0.15) is 5.26 Å². The summed E-state index contributed by atoms with van der Waals surface area (Å²) < 4.78 is 4.90. The maximum absolute atomic E-state index is 12.5. The van der Waals surface area contributed by atoms with Gasteiger partial charge in [-0.05, 0) is 12.1 Å². The van der Waals surface area contributed by atoms with Gasteiger partial charge in [-0.15, -0.1) is 11.8 Å². The summed E-state index contributed by atoms with van der Waals surface area (Å²) in [6.07, 6.45) is 0. The number of nitrogens with zero attached hydrogens (tertiary/aromatic N) is 2. The Balaban J connectivity index is 2.96. The number of ether oxygens (including phenoxy) is 1. The van der Waals surface area contributed by atoms with Gasteiger partial charge in [0.2, 0.25) is 0 Å². The van der Waals surface area contributed by atoms with Gasteiger partial charge in [0.05, 0.1) is 24.0 Å². The van der Waals surface area contributed by atoms with Crippen molar-refractivity contribution < 1.29 is 19.4 Å². The lowest BCUT2D eigenvalue weighted by Gasteiger charge is -2.21.